The fourth-order valence-corrected chi connectivity index (χ4v) is 4.44. The van der Waals surface area contributed by atoms with E-state index >= 15 is 0 Å². The van der Waals surface area contributed by atoms with Crippen LogP contribution >= 0.6 is 11.3 Å². The standard InChI is InChI=1S/C23H35N7O2S/c1-17-7-8-19(20(15-17)30-12-5-4-6-13-30)27-22(32)28-23-26-16-18(33-23)9-10-24-21(31)25-11-14-29(2)3/h7-8,15-16H,4-6,9-14H2,1-3H3,(H2,24,25,31)(H2,26,27,28,32). The van der Waals surface area contributed by atoms with Gasteiger partial charge in [0.2, 0.25) is 0 Å². The van der Waals surface area contributed by atoms with Gasteiger partial charge in [0.25, 0.3) is 0 Å². The molecule has 0 unspecified atom stereocenters. The third-order valence-electron chi connectivity index (χ3n) is 5.37. The van der Waals surface area contributed by atoms with Gasteiger partial charge in [0.05, 0.1) is 11.4 Å². The second-order valence-corrected chi connectivity index (χ2v) is 9.63. The Balaban J connectivity index is 1.47. The summed E-state index contributed by atoms with van der Waals surface area (Å²) in [6.45, 7) is 5.99. The maximum atomic E-state index is 12.6. The van der Waals surface area contributed by atoms with Crippen LogP contribution in [-0.2, 0) is 6.42 Å². The van der Waals surface area contributed by atoms with Gasteiger partial charge in [-0.05, 0) is 58.0 Å². The summed E-state index contributed by atoms with van der Waals surface area (Å²) in [5.41, 5.74) is 3.05. The zero-order chi connectivity index (χ0) is 23.6. The zero-order valence-corrected chi connectivity index (χ0v) is 20.6. The van der Waals surface area contributed by atoms with Crippen LogP contribution in [0.5, 0.6) is 0 Å². The molecule has 1 aromatic carbocycles. The van der Waals surface area contributed by atoms with Gasteiger partial charge in [0.15, 0.2) is 5.13 Å². The van der Waals surface area contributed by atoms with E-state index in [1.54, 1.807) is 6.20 Å². The molecule has 1 aliphatic heterocycles. The number of hydrogen-bond acceptors (Lipinski definition) is 6. The Hall–Kier alpha value is -2.85. The molecule has 0 spiro atoms. The van der Waals surface area contributed by atoms with E-state index in [0.29, 0.717) is 24.6 Å². The average Bonchev–Trinajstić information content (AvgIpc) is 3.22. The number of benzene rings is 1. The summed E-state index contributed by atoms with van der Waals surface area (Å²) in [6.07, 6.45) is 5.99. The minimum absolute atomic E-state index is 0.179. The van der Waals surface area contributed by atoms with Crippen LogP contribution in [0, 0.1) is 6.92 Å². The van der Waals surface area contributed by atoms with Crippen LogP contribution in [0.15, 0.2) is 24.4 Å². The minimum Gasteiger partial charge on any atom is -0.370 e. The lowest BCUT2D eigenvalue weighted by Gasteiger charge is -2.30. The highest BCUT2D eigenvalue weighted by Crippen LogP contribution is 2.30. The Morgan fingerprint density at radius 1 is 1.06 bits per heavy atom. The van der Waals surface area contributed by atoms with E-state index in [1.807, 2.05) is 31.1 Å². The number of aryl methyl sites for hydroxylation is 1. The number of piperidine rings is 1. The number of amides is 4. The van der Waals surface area contributed by atoms with Gasteiger partial charge in [-0.25, -0.2) is 14.6 Å². The van der Waals surface area contributed by atoms with E-state index in [4.69, 9.17) is 0 Å². The molecular weight excluding hydrogens is 438 g/mol. The zero-order valence-electron chi connectivity index (χ0n) is 19.7. The van der Waals surface area contributed by atoms with Crippen molar-refractivity contribution in [2.45, 2.75) is 32.6 Å². The maximum absolute atomic E-state index is 12.6. The van der Waals surface area contributed by atoms with E-state index < -0.39 is 0 Å². The van der Waals surface area contributed by atoms with Crippen molar-refractivity contribution in [1.29, 1.82) is 0 Å². The number of aromatic nitrogens is 1. The molecule has 3 rings (SSSR count). The smallest absolute Gasteiger partial charge is 0.325 e. The number of carbonyl (C=O) groups is 2. The van der Waals surface area contributed by atoms with Crippen LogP contribution in [0.1, 0.15) is 29.7 Å². The van der Waals surface area contributed by atoms with Gasteiger partial charge >= 0.3 is 12.1 Å². The highest BCUT2D eigenvalue weighted by Gasteiger charge is 2.16. The van der Waals surface area contributed by atoms with Gasteiger partial charge in [-0.3, -0.25) is 5.32 Å². The third-order valence-corrected chi connectivity index (χ3v) is 6.35. The predicted octanol–water partition coefficient (Wildman–Crippen LogP) is 3.49. The maximum Gasteiger partial charge on any atom is 0.325 e. The quantitative estimate of drug-likeness (QED) is 0.447. The lowest BCUT2D eigenvalue weighted by atomic mass is 10.1. The molecule has 0 saturated carbocycles. The third kappa shape index (κ3) is 8.21. The predicted molar refractivity (Wildman–Crippen MR) is 136 cm³/mol. The Labute approximate surface area is 199 Å². The van der Waals surface area contributed by atoms with Gasteiger partial charge in [-0.2, -0.15) is 0 Å². The van der Waals surface area contributed by atoms with Crippen LogP contribution in [0.3, 0.4) is 0 Å². The van der Waals surface area contributed by atoms with Crippen molar-refractivity contribution >= 4 is 39.9 Å². The Morgan fingerprint density at radius 3 is 2.58 bits per heavy atom. The minimum atomic E-state index is -0.309. The van der Waals surface area contributed by atoms with E-state index in [9.17, 15) is 9.59 Å². The summed E-state index contributed by atoms with van der Waals surface area (Å²) in [6, 6.07) is 5.61. The molecule has 1 aromatic heterocycles. The lowest BCUT2D eigenvalue weighted by molar-refractivity contribution is 0.239. The van der Waals surface area contributed by atoms with Crippen LogP contribution in [-0.4, -0.2) is 68.8 Å². The van der Waals surface area contributed by atoms with E-state index in [-0.39, 0.29) is 12.1 Å². The number of thiazole rings is 1. The number of rotatable bonds is 9. The number of nitrogens with one attached hydrogen (secondary N) is 4. The Kier molecular flexibility index (Phi) is 9.32. The molecule has 4 N–H and O–H groups in total. The van der Waals surface area contributed by atoms with Crippen molar-refractivity contribution < 1.29 is 9.59 Å². The second kappa shape index (κ2) is 12.4. The Morgan fingerprint density at radius 2 is 1.82 bits per heavy atom. The summed E-state index contributed by atoms with van der Waals surface area (Å²) in [4.78, 5) is 34.0. The van der Waals surface area contributed by atoms with Crippen molar-refractivity contribution in [3.05, 3.63) is 34.8 Å². The number of urea groups is 2. The molecule has 1 aliphatic rings. The number of likely N-dealkylation sites (N-methyl/N-ethyl adjacent to an activating group) is 1. The van der Waals surface area contributed by atoms with E-state index in [2.05, 4.69) is 44.1 Å². The fourth-order valence-electron chi connectivity index (χ4n) is 3.63. The first-order valence-electron chi connectivity index (χ1n) is 11.5. The fraction of sp³-hybridized carbons (Fsp3) is 0.522. The molecule has 0 atom stereocenters. The van der Waals surface area contributed by atoms with E-state index in [0.717, 1.165) is 35.9 Å². The highest BCUT2D eigenvalue weighted by molar-refractivity contribution is 7.15. The first-order chi connectivity index (χ1) is 15.9. The monoisotopic (exact) mass is 473 g/mol. The SMILES string of the molecule is Cc1ccc(NC(=O)Nc2ncc(CCNC(=O)NCCN(C)C)s2)c(N2CCCCC2)c1. The molecule has 180 valence electrons. The van der Waals surface area contributed by atoms with Gasteiger partial charge in [0, 0.05) is 50.2 Å². The molecule has 1 saturated heterocycles. The first-order valence-corrected chi connectivity index (χ1v) is 12.3. The highest BCUT2D eigenvalue weighted by atomic mass is 32.1. The molecule has 10 heteroatoms. The van der Waals surface area contributed by atoms with Crippen LogP contribution in [0.25, 0.3) is 0 Å². The van der Waals surface area contributed by atoms with Crippen molar-refractivity contribution in [2.24, 2.45) is 0 Å². The molecule has 9 nitrogen and oxygen atoms in total. The second-order valence-electron chi connectivity index (χ2n) is 8.52. The topological polar surface area (TPSA) is 102 Å². The number of carbonyl (C=O) groups excluding carboxylic acids is 2. The van der Waals surface area contributed by atoms with Crippen molar-refractivity contribution in [1.82, 2.24) is 20.5 Å². The Bertz CT molecular complexity index is 925. The number of anilines is 3. The van der Waals surface area contributed by atoms with E-state index in [1.165, 1.54) is 36.2 Å². The lowest BCUT2D eigenvalue weighted by Crippen LogP contribution is -2.39. The molecule has 2 heterocycles. The van der Waals surface area contributed by atoms with Gasteiger partial charge in [-0.15, -0.1) is 11.3 Å². The average molecular weight is 474 g/mol. The number of nitrogens with zero attached hydrogens (tertiary/aromatic N) is 3. The molecule has 0 bridgehead atoms. The summed E-state index contributed by atoms with van der Waals surface area (Å²) in [7, 11) is 3.92. The summed E-state index contributed by atoms with van der Waals surface area (Å²) in [5.74, 6) is 0. The summed E-state index contributed by atoms with van der Waals surface area (Å²) >= 11 is 1.41. The largest absolute Gasteiger partial charge is 0.370 e. The molecule has 2 aromatic rings. The van der Waals surface area contributed by atoms with Crippen molar-refractivity contribution in [2.75, 3.05) is 62.4 Å². The van der Waals surface area contributed by atoms with Gasteiger partial charge in [-0.1, -0.05) is 6.07 Å². The normalized spacial score (nSPS) is 13.6. The molecular formula is C23H35N7O2S. The van der Waals surface area contributed by atoms with Gasteiger partial charge in [0.1, 0.15) is 0 Å². The molecule has 4 amide bonds. The van der Waals surface area contributed by atoms with Crippen LogP contribution in [0.4, 0.5) is 26.1 Å². The molecule has 0 aliphatic carbocycles. The molecule has 1 fully saturated rings. The van der Waals surface area contributed by atoms with Crippen molar-refractivity contribution in [3.63, 3.8) is 0 Å². The van der Waals surface area contributed by atoms with Gasteiger partial charge < -0.3 is 25.8 Å². The van der Waals surface area contributed by atoms with Crippen LogP contribution in [0.2, 0.25) is 0 Å². The van der Waals surface area contributed by atoms with Crippen LogP contribution < -0.4 is 26.2 Å². The molecule has 0 radical (unpaired) electrons. The number of hydrogen-bond donors (Lipinski definition) is 4. The summed E-state index contributed by atoms with van der Waals surface area (Å²) < 4.78 is 0. The molecule has 33 heavy (non-hydrogen) atoms. The van der Waals surface area contributed by atoms with Crippen molar-refractivity contribution in [3.8, 4) is 0 Å². The summed E-state index contributed by atoms with van der Waals surface area (Å²) in [5, 5.41) is 12.0. The first kappa shape index (κ1) is 24.8.